The van der Waals surface area contributed by atoms with Crippen molar-refractivity contribution in [3.63, 3.8) is 0 Å². The third-order valence-corrected chi connectivity index (χ3v) is 2.35. The Kier molecular flexibility index (Phi) is 4.04. The molecule has 18 heavy (non-hydrogen) atoms. The molecule has 1 atom stereocenters. The van der Waals surface area contributed by atoms with Gasteiger partial charge in [0.05, 0.1) is 0 Å². The molecule has 1 aromatic rings. The maximum Gasteiger partial charge on any atom is 0.490 e. The third kappa shape index (κ3) is 3.75. The number of benzene rings is 1. The highest BCUT2D eigenvalue weighted by Gasteiger charge is 2.44. The average molecular weight is 260 g/mol. The molecule has 0 aromatic heterocycles. The summed E-state index contributed by atoms with van der Waals surface area (Å²) in [5.74, 6) is -2.16. The number of carbonyl (C=O) groups excluding carboxylic acids is 1. The van der Waals surface area contributed by atoms with Crippen LogP contribution in [0.25, 0.3) is 0 Å². The topological polar surface area (TPSA) is 26.3 Å². The first-order chi connectivity index (χ1) is 8.12. The number of hydrogen-bond acceptors (Lipinski definition) is 2. The maximum absolute atomic E-state index is 12.2. The second kappa shape index (κ2) is 5.00. The quantitative estimate of drug-likeness (QED) is 0.754. The number of hydrogen-bond donors (Lipinski definition) is 0. The van der Waals surface area contributed by atoms with E-state index in [0.717, 1.165) is 0 Å². The summed E-state index contributed by atoms with van der Waals surface area (Å²) in [6.45, 7) is 5.15. The molecule has 0 radical (unpaired) electrons. The SMILES string of the molecule is CC(C)(C)C(OC(=O)C(F)(F)F)c1ccccc1. The lowest BCUT2D eigenvalue weighted by Crippen LogP contribution is -2.31. The second-order valence-corrected chi connectivity index (χ2v) is 5.06. The van der Waals surface area contributed by atoms with Crippen LogP contribution in [0.5, 0.6) is 0 Å². The lowest BCUT2D eigenvalue weighted by atomic mass is 9.84. The predicted octanol–water partition coefficient (Wildman–Crippen LogP) is 3.88. The Morgan fingerprint density at radius 3 is 2.00 bits per heavy atom. The van der Waals surface area contributed by atoms with Crippen molar-refractivity contribution in [1.29, 1.82) is 0 Å². The van der Waals surface area contributed by atoms with Gasteiger partial charge in [0.15, 0.2) is 0 Å². The van der Waals surface area contributed by atoms with E-state index in [1.807, 2.05) is 0 Å². The summed E-state index contributed by atoms with van der Waals surface area (Å²) in [5.41, 5.74) is -0.0787. The van der Waals surface area contributed by atoms with Crippen molar-refractivity contribution in [2.24, 2.45) is 5.41 Å². The summed E-state index contributed by atoms with van der Waals surface area (Å²) < 4.78 is 41.3. The van der Waals surface area contributed by atoms with Crippen molar-refractivity contribution in [3.8, 4) is 0 Å². The van der Waals surface area contributed by atoms with E-state index in [4.69, 9.17) is 0 Å². The van der Waals surface area contributed by atoms with Gasteiger partial charge in [0.2, 0.25) is 0 Å². The highest BCUT2D eigenvalue weighted by atomic mass is 19.4. The molecule has 0 aliphatic rings. The van der Waals surface area contributed by atoms with E-state index in [-0.39, 0.29) is 0 Å². The Balaban J connectivity index is 2.99. The van der Waals surface area contributed by atoms with E-state index in [9.17, 15) is 18.0 Å². The monoisotopic (exact) mass is 260 g/mol. The van der Waals surface area contributed by atoms with Gasteiger partial charge >= 0.3 is 12.1 Å². The van der Waals surface area contributed by atoms with E-state index >= 15 is 0 Å². The van der Waals surface area contributed by atoms with Crippen LogP contribution in [0, 0.1) is 5.41 Å². The van der Waals surface area contributed by atoms with Crippen molar-refractivity contribution in [3.05, 3.63) is 35.9 Å². The molecular formula is C13H15F3O2. The first-order valence-corrected chi connectivity index (χ1v) is 5.45. The zero-order valence-corrected chi connectivity index (χ0v) is 10.4. The van der Waals surface area contributed by atoms with Gasteiger partial charge in [0.1, 0.15) is 6.10 Å². The Labute approximate surface area is 104 Å². The Morgan fingerprint density at radius 1 is 1.11 bits per heavy atom. The van der Waals surface area contributed by atoms with Gasteiger partial charge < -0.3 is 4.74 Å². The minimum atomic E-state index is -4.97. The summed E-state index contributed by atoms with van der Waals surface area (Å²) in [6, 6.07) is 8.40. The first-order valence-electron chi connectivity index (χ1n) is 5.45. The van der Waals surface area contributed by atoms with Crippen molar-refractivity contribution in [1.82, 2.24) is 0 Å². The van der Waals surface area contributed by atoms with Crippen LogP contribution in [0.4, 0.5) is 13.2 Å². The molecule has 0 N–H and O–H groups in total. The number of esters is 1. The van der Waals surface area contributed by atoms with Gasteiger partial charge in [0.25, 0.3) is 0 Å². The molecule has 0 saturated carbocycles. The molecule has 0 spiro atoms. The molecule has 100 valence electrons. The van der Waals surface area contributed by atoms with Gasteiger partial charge in [-0.3, -0.25) is 0 Å². The summed E-state index contributed by atoms with van der Waals surface area (Å²) in [7, 11) is 0. The fourth-order valence-corrected chi connectivity index (χ4v) is 1.55. The van der Waals surface area contributed by atoms with Crippen LogP contribution >= 0.6 is 0 Å². The smallest absolute Gasteiger partial charge is 0.450 e. The summed E-state index contributed by atoms with van der Waals surface area (Å²) in [4.78, 5) is 10.9. The van der Waals surface area contributed by atoms with Gasteiger partial charge in [-0.2, -0.15) is 13.2 Å². The van der Waals surface area contributed by atoms with E-state index in [1.54, 1.807) is 51.1 Å². The van der Waals surface area contributed by atoms with Crippen LogP contribution in [0.15, 0.2) is 30.3 Å². The van der Waals surface area contributed by atoms with E-state index in [1.165, 1.54) is 0 Å². The van der Waals surface area contributed by atoms with Crippen LogP contribution in [0.2, 0.25) is 0 Å². The lowest BCUT2D eigenvalue weighted by Gasteiger charge is -2.30. The van der Waals surface area contributed by atoms with E-state index in [2.05, 4.69) is 4.74 Å². The van der Waals surface area contributed by atoms with Gasteiger partial charge in [-0.15, -0.1) is 0 Å². The molecule has 0 aliphatic carbocycles. The largest absolute Gasteiger partial charge is 0.490 e. The Hall–Kier alpha value is -1.52. The number of ether oxygens (including phenoxy) is 1. The van der Waals surface area contributed by atoms with Crippen molar-refractivity contribution < 1.29 is 22.7 Å². The molecule has 0 fully saturated rings. The van der Waals surface area contributed by atoms with E-state index in [0.29, 0.717) is 5.56 Å². The summed E-state index contributed by atoms with van der Waals surface area (Å²) in [5, 5.41) is 0. The molecule has 0 bridgehead atoms. The maximum atomic E-state index is 12.2. The molecule has 5 heteroatoms. The molecular weight excluding hydrogens is 245 g/mol. The van der Waals surface area contributed by atoms with Gasteiger partial charge in [-0.05, 0) is 5.56 Å². The lowest BCUT2D eigenvalue weighted by molar-refractivity contribution is -0.210. The molecule has 2 nitrogen and oxygen atoms in total. The number of alkyl halides is 3. The third-order valence-electron chi connectivity index (χ3n) is 2.35. The zero-order valence-electron chi connectivity index (χ0n) is 10.4. The molecule has 1 aromatic carbocycles. The van der Waals surface area contributed by atoms with Crippen molar-refractivity contribution in [2.45, 2.75) is 33.1 Å². The van der Waals surface area contributed by atoms with Crippen LogP contribution in [-0.4, -0.2) is 12.1 Å². The van der Waals surface area contributed by atoms with Gasteiger partial charge in [-0.1, -0.05) is 51.1 Å². The molecule has 0 amide bonds. The van der Waals surface area contributed by atoms with E-state index < -0.39 is 23.7 Å². The molecule has 1 rings (SSSR count). The summed E-state index contributed by atoms with van der Waals surface area (Å²) in [6.07, 6.45) is -5.91. The minimum Gasteiger partial charge on any atom is -0.450 e. The van der Waals surface area contributed by atoms with Crippen molar-refractivity contribution >= 4 is 5.97 Å². The average Bonchev–Trinajstić information content (AvgIpc) is 2.23. The fourth-order valence-electron chi connectivity index (χ4n) is 1.55. The van der Waals surface area contributed by atoms with Crippen LogP contribution < -0.4 is 0 Å². The predicted molar refractivity (Wildman–Crippen MR) is 60.8 cm³/mol. The fraction of sp³-hybridized carbons (Fsp3) is 0.462. The van der Waals surface area contributed by atoms with Gasteiger partial charge in [-0.25, -0.2) is 4.79 Å². The van der Waals surface area contributed by atoms with Crippen LogP contribution in [0.3, 0.4) is 0 Å². The second-order valence-electron chi connectivity index (χ2n) is 5.06. The number of carbonyl (C=O) groups is 1. The normalized spacial score (nSPS) is 14.1. The Bertz CT molecular complexity index is 404. The minimum absolute atomic E-state index is 0.544. The molecule has 0 saturated heterocycles. The first kappa shape index (κ1) is 14.5. The van der Waals surface area contributed by atoms with Crippen molar-refractivity contribution in [2.75, 3.05) is 0 Å². The highest BCUT2D eigenvalue weighted by molar-refractivity contribution is 5.76. The number of rotatable bonds is 2. The molecule has 0 aliphatic heterocycles. The standard InChI is InChI=1S/C13H15F3O2/c1-12(2,3)10(9-7-5-4-6-8-9)18-11(17)13(14,15)16/h4-8,10H,1-3H3. The summed E-state index contributed by atoms with van der Waals surface area (Å²) >= 11 is 0. The molecule has 0 heterocycles. The number of halogens is 3. The zero-order chi connectivity index (χ0) is 14.0. The van der Waals surface area contributed by atoms with Crippen LogP contribution in [0.1, 0.15) is 32.4 Å². The Morgan fingerprint density at radius 2 is 1.61 bits per heavy atom. The van der Waals surface area contributed by atoms with Gasteiger partial charge in [0, 0.05) is 5.41 Å². The van der Waals surface area contributed by atoms with Crippen LogP contribution in [-0.2, 0) is 9.53 Å². The molecule has 1 unspecified atom stereocenters. The highest BCUT2D eigenvalue weighted by Crippen LogP contribution is 2.37.